The molecule has 1 amide bonds. The van der Waals surface area contributed by atoms with Crippen LogP contribution in [0.4, 0.5) is 0 Å². The minimum Gasteiger partial charge on any atom is -0.343 e. The molecule has 1 heterocycles. The maximum Gasteiger partial charge on any atom is 0.271 e. The number of nitrogens with zero attached hydrogens (tertiary/aromatic N) is 2. The number of ketones is 1. The average Bonchev–Trinajstić information content (AvgIpc) is 2.46. The number of hydrogen-bond donors (Lipinski definition) is 1. The Morgan fingerprint density at radius 1 is 1.11 bits per heavy atom. The molecule has 0 atom stereocenters. The summed E-state index contributed by atoms with van der Waals surface area (Å²) < 4.78 is 0. The Bertz CT molecular complexity index is 489. The number of carbonyl (C=O) groups is 2. The number of hydrogen-bond acceptors (Lipinski definition) is 4. The van der Waals surface area contributed by atoms with Crippen LogP contribution < -0.4 is 5.32 Å². The summed E-state index contributed by atoms with van der Waals surface area (Å²) in [6, 6.07) is 8.79. The highest BCUT2D eigenvalue weighted by atomic mass is 16.2. The molecule has 0 unspecified atom stereocenters. The highest BCUT2D eigenvalue weighted by Gasteiger charge is 2.10. The third-order valence-corrected chi connectivity index (χ3v) is 2.30. The lowest BCUT2D eigenvalue weighted by Crippen LogP contribution is -2.30. The van der Waals surface area contributed by atoms with Gasteiger partial charge in [0.15, 0.2) is 5.78 Å². The summed E-state index contributed by atoms with van der Waals surface area (Å²) in [7, 11) is 0. The average molecular weight is 241 g/mol. The predicted octanol–water partition coefficient (Wildman–Crippen LogP) is 1.09. The van der Waals surface area contributed by atoms with E-state index >= 15 is 0 Å². The third kappa shape index (κ3) is 2.98. The van der Waals surface area contributed by atoms with Gasteiger partial charge in [0.2, 0.25) is 0 Å². The Kier molecular flexibility index (Phi) is 3.76. The van der Waals surface area contributed by atoms with E-state index in [1.807, 2.05) is 6.07 Å². The zero-order chi connectivity index (χ0) is 12.8. The van der Waals surface area contributed by atoms with Crippen LogP contribution in [-0.2, 0) is 0 Å². The van der Waals surface area contributed by atoms with Gasteiger partial charge in [-0.2, -0.15) is 0 Å². The maximum atomic E-state index is 11.7. The van der Waals surface area contributed by atoms with Crippen molar-refractivity contribution in [1.29, 1.82) is 0 Å². The first-order valence-electron chi connectivity index (χ1n) is 5.40. The van der Waals surface area contributed by atoms with Crippen molar-refractivity contribution >= 4 is 11.7 Å². The molecule has 0 spiro atoms. The van der Waals surface area contributed by atoms with Gasteiger partial charge in [-0.05, 0) is 0 Å². The molecule has 0 aliphatic rings. The molecule has 0 bridgehead atoms. The lowest BCUT2D eigenvalue weighted by atomic mass is 10.1. The van der Waals surface area contributed by atoms with Gasteiger partial charge < -0.3 is 5.32 Å². The monoisotopic (exact) mass is 241 g/mol. The number of nitrogens with one attached hydrogen (secondary N) is 1. The van der Waals surface area contributed by atoms with E-state index in [-0.39, 0.29) is 18.0 Å². The minimum atomic E-state index is -0.410. The van der Waals surface area contributed by atoms with Crippen molar-refractivity contribution in [3.8, 4) is 0 Å². The van der Waals surface area contributed by atoms with Crippen LogP contribution in [0.15, 0.2) is 48.9 Å². The van der Waals surface area contributed by atoms with Gasteiger partial charge in [0.25, 0.3) is 5.91 Å². The second-order valence-electron chi connectivity index (χ2n) is 3.56. The molecule has 1 aromatic heterocycles. The van der Waals surface area contributed by atoms with Crippen molar-refractivity contribution < 1.29 is 9.59 Å². The van der Waals surface area contributed by atoms with Gasteiger partial charge in [0.05, 0.1) is 12.7 Å². The second kappa shape index (κ2) is 5.67. The van der Waals surface area contributed by atoms with Crippen molar-refractivity contribution in [2.45, 2.75) is 0 Å². The fraction of sp³-hybridized carbons (Fsp3) is 0.0769. The summed E-state index contributed by atoms with van der Waals surface area (Å²) >= 11 is 0. The standard InChI is InChI=1S/C13H11N3O2/c17-12(10-4-2-1-3-5-10)9-16-13(18)11-8-14-6-7-15-11/h1-8H,9H2,(H,16,18). The predicted molar refractivity (Wildman–Crippen MR) is 65.1 cm³/mol. The molecule has 0 aliphatic heterocycles. The lowest BCUT2D eigenvalue weighted by Gasteiger charge is -2.03. The van der Waals surface area contributed by atoms with E-state index in [1.54, 1.807) is 24.3 Å². The molecule has 0 radical (unpaired) electrons. The van der Waals surface area contributed by atoms with Crippen LogP contribution in [0.3, 0.4) is 0 Å². The third-order valence-electron chi connectivity index (χ3n) is 2.30. The summed E-state index contributed by atoms with van der Waals surface area (Å²) in [4.78, 5) is 31.0. The largest absolute Gasteiger partial charge is 0.343 e. The summed E-state index contributed by atoms with van der Waals surface area (Å²) in [6.45, 7) is -0.0561. The van der Waals surface area contributed by atoms with Gasteiger partial charge >= 0.3 is 0 Å². The highest BCUT2D eigenvalue weighted by molar-refractivity contribution is 6.01. The van der Waals surface area contributed by atoms with Crippen LogP contribution in [-0.4, -0.2) is 28.2 Å². The molecular formula is C13H11N3O2. The lowest BCUT2D eigenvalue weighted by molar-refractivity contribution is 0.0900. The minimum absolute atomic E-state index is 0.0561. The van der Waals surface area contributed by atoms with Crippen molar-refractivity contribution in [3.05, 3.63) is 60.2 Å². The molecule has 90 valence electrons. The summed E-state index contributed by atoms with van der Waals surface area (Å²) in [5.74, 6) is -0.555. The number of Topliss-reactive ketones (excluding diaryl/α,β-unsaturated/α-hetero) is 1. The van der Waals surface area contributed by atoms with Gasteiger partial charge in [-0.1, -0.05) is 30.3 Å². The van der Waals surface area contributed by atoms with Crippen molar-refractivity contribution in [1.82, 2.24) is 15.3 Å². The maximum absolute atomic E-state index is 11.7. The topological polar surface area (TPSA) is 72.0 Å². The normalized spacial score (nSPS) is 9.78. The van der Waals surface area contributed by atoms with Gasteiger partial charge in [-0.3, -0.25) is 14.6 Å². The molecule has 2 aromatic rings. The van der Waals surface area contributed by atoms with Gasteiger partial charge in [-0.25, -0.2) is 4.98 Å². The molecule has 0 saturated carbocycles. The number of amides is 1. The summed E-state index contributed by atoms with van der Waals surface area (Å²) in [5, 5.41) is 2.51. The fourth-order valence-corrected chi connectivity index (χ4v) is 1.39. The van der Waals surface area contributed by atoms with Crippen LogP contribution in [0.2, 0.25) is 0 Å². The number of rotatable bonds is 4. The molecule has 0 saturated heterocycles. The summed E-state index contributed by atoms with van der Waals surface area (Å²) in [6.07, 6.45) is 4.25. The number of aromatic nitrogens is 2. The smallest absolute Gasteiger partial charge is 0.271 e. The van der Waals surface area contributed by atoms with E-state index in [0.29, 0.717) is 5.56 Å². The molecule has 5 heteroatoms. The van der Waals surface area contributed by atoms with E-state index in [2.05, 4.69) is 15.3 Å². The van der Waals surface area contributed by atoms with Crippen molar-refractivity contribution in [3.63, 3.8) is 0 Å². The Hall–Kier alpha value is -2.56. The van der Waals surface area contributed by atoms with Crippen LogP contribution >= 0.6 is 0 Å². The Balaban J connectivity index is 1.93. The molecular weight excluding hydrogens is 230 g/mol. The fourth-order valence-electron chi connectivity index (χ4n) is 1.39. The van der Waals surface area contributed by atoms with Crippen LogP contribution in [0.25, 0.3) is 0 Å². The Morgan fingerprint density at radius 2 is 1.89 bits per heavy atom. The second-order valence-corrected chi connectivity index (χ2v) is 3.56. The molecule has 0 aliphatic carbocycles. The van der Waals surface area contributed by atoms with E-state index < -0.39 is 5.91 Å². The molecule has 5 nitrogen and oxygen atoms in total. The Morgan fingerprint density at radius 3 is 2.56 bits per heavy atom. The Labute approximate surface area is 104 Å². The molecule has 18 heavy (non-hydrogen) atoms. The zero-order valence-electron chi connectivity index (χ0n) is 9.54. The van der Waals surface area contributed by atoms with E-state index in [0.717, 1.165) is 0 Å². The van der Waals surface area contributed by atoms with E-state index in [4.69, 9.17) is 0 Å². The first-order valence-corrected chi connectivity index (χ1v) is 5.40. The van der Waals surface area contributed by atoms with Crippen molar-refractivity contribution in [2.75, 3.05) is 6.54 Å². The van der Waals surface area contributed by atoms with Crippen molar-refractivity contribution in [2.24, 2.45) is 0 Å². The van der Waals surface area contributed by atoms with Gasteiger partial charge in [0, 0.05) is 18.0 Å². The van der Waals surface area contributed by atoms with Crippen LogP contribution in [0, 0.1) is 0 Å². The van der Waals surface area contributed by atoms with Crippen LogP contribution in [0.1, 0.15) is 20.8 Å². The number of carbonyl (C=O) groups excluding carboxylic acids is 2. The summed E-state index contributed by atoms with van der Waals surface area (Å²) in [5.41, 5.74) is 0.760. The molecule has 1 aromatic carbocycles. The highest BCUT2D eigenvalue weighted by Crippen LogP contribution is 1.99. The molecule has 1 N–H and O–H groups in total. The molecule has 0 fully saturated rings. The van der Waals surface area contributed by atoms with E-state index in [1.165, 1.54) is 18.6 Å². The van der Waals surface area contributed by atoms with Gasteiger partial charge in [0.1, 0.15) is 5.69 Å². The zero-order valence-corrected chi connectivity index (χ0v) is 9.54. The van der Waals surface area contributed by atoms with E-state index in [9.17, 15) is 9.59 Å². The molecule has 2 rings (SSSR count). The van der Waals surface area contributed by atoms with Crippen LogP contribution in [0.5, 0.6) is 0 Å². The van der Waals surface area contributed by atoms with Gasteiger partial charge in [-0.15, -0.1) is 0 Å². The first-order chi connectivity index (χ1) is 8.77. The quantitative estimate of drug-likeness (QED) is 0.813. The number of benzene rings is 1. The first kappa shape index (κ1) is 11.9. The SMILES string of the molecule is O=C(CNC(=O)c1cnccn1)c1ccccc1.